The highest BCUT2D eigenvalue weighted by molar-refractivity contribution is 8.13. The SMILES string of the molecule is N#Cc1cnn(-c2ccc(F)cc2F)c1S(=O)(=O)Cl. The molecule has 0 saturated heterocycles. The number of nitriles is 1. The van der Waals surface area contributed by atoms with Gasteiger partial charge in [-0.1, -0.05) is 0 Å². The van der Waals surface area contributed by atoms with Crippen LogP contribution in [0.1, 0.15) is 5.56 Å². The molecule has 5 nitrogen and oxygen atoms in total. The molecule has 1 aromatic carbocycles. The van der Waals surface area contributed by atoms with E-state index < -0.39 is 25.7 Å². The summed E-state index contributed by atoms with van der Waals surface area (Å²) < 4.78 is 49.8. The van der Waals surface area contributed by atoms with Gasteiger partial charge in [-0.25, -0.2) is 21.9 Å². The normalized spacial score (nSPS) is 11.3. The summed E-state index contributed by atoms with van der Waals surface area (Å²) in [5.41, 5.74) is -0.666. The van der Waals surface area contributed by atoms with E-state index in [1.807, 2.05) is 0 Å². The van der Waals surface area contributed by atoms with Crippen LogP contribution in [0.15, 0.2) is 29.4 Å². The zero-order valence-corrected chi connectivity index (χ0v) is 10.6. The molecule has 0 saturated carbocycles. The van der Waals surface area contributed by atoms with E-state index in [4.69, 9.17) is 15.9 Å². The summed E-state index contributed by atoms with van der Waals surface area (Å²) in [4.78, 5) is 0. The van der Waals surface area contributed by atoms with Crippen LogP contribution in [0.25, 0.3) is 5.69 Å². The first-order valence-corrected chi connectivity index (χ1v) is 7.03. The average molecular weight is 304 g/mol. The van der Waals surface area contributed by atoms with Gasteiger partial charge in [-0.05, 0) is 12.1 Å². The second-order valence-corrected chi connectivity index (χ2v) is 5.90. The second kappa shape index (κ2) is 4.60. The second-order valence-electron chi connectivity index (χ2n) is 3.42. The van der Waals surface area contributed by atoms with E-state index in [-0.39, 0.29) is 11.3 Å². The third-order valence-electron chi connectivity index (χ3n) is 2.21. The number of rotatable bonds is 2. The maximum Gasteiger partial charge on any atom is 0.280 e. The molecule has 0 unspecified atom stereocenters. The average Bonchev–Trinajstić information content (AvgIpc) is 2.72. The highest BCUT2D eigenvalue weighted by Gasteiger charge is 2.25. The van der Waals surface area contributed by atoms with E-state index >= 15 is 0 Å². The Balaban J connectivity index is 2.78. The van der Waals surface area contributed by atoms with Gasteiger partial charge in [0.2, 0.25) is 0 Å². The van der Waals surface area contributed by atoms with Crippen molar-refractivity contribution in [3.63, 3.8) is 0 Å². The van der Waals surface area contributed by atoms with Crippen molar-refractivity contribution in [1.82, 2.24) is 9.78 Å². The zero-order valence-electron chi connectivity index (χ0n) is 9.01. The minimum atomic E-state index is -4.32. The molecule has 0 amide bonds. The fourth-order valence-electron chi connectivity index (χ4n) is 1.47. The molecule has 0 aliphatic carbocycles. The van der Waals surface area contributed by atoms with E-state index in [1.54, 1.807) is 6.07 Å². The summed E-state index contributed by atoms with van der Waals surface area (Å²) in [6.07, 6.45) is 0.929. The number of nitrogens with zero attached hydrogens (tertiary/aromatic N) is 3. The lowest BCUT2D eigenvalue weighted by atomic mass is 10.3. The van der Waals surface area contributed by atoms with Gasteiger partial charge in [0.25, 0.3) is 9.05 Å². The lowest BCUT2D eigenvalue weighted by Crippen LogP contribution is -2.08. The monoisotopic (exact) mass is 303 g/mol. The zero-order chi connectivity index (χ0) is 14.2. The molecule has 9 heteroatoms. The van der Waals surface area contributed by atoms with E-state index in [0.717, 1.165) is 18.3 Å². The van der Waals surface area contributed by atoms with Crippen molar-refractivity contribution in [3.8, 4) is 11.8 Å². The molecule has 98 valence electrons. The van der Waals surface area contributed by atoms with Crippen LogP contribution in [0.2, 0.25) is 0 Å². The van der Waals surface area contributed by atoms with Crippen molar-refractivity contribution in [2.24, 2.45) is 0 Å². The van der Waals surface area contributed by atoms with Crippen LogP contribution in [0, 0.1) is 23.0 Å². The van der Waals surface area contributed by atoms with Gasteiger partial charge < -0.3 is 0 Å². The molecule has 0 radical (unpaired) electrons. The van der Waals surface area contributed by atoms with Gasteiger partial charge in [0.15, 0.2) is 10.8 Å². The van der Waals surface area contributed by atoms with Gasteiger partial charge in [-0.3, -0.25) is 0 Å². The molecule has 2 aromatic rings. The predicted octanol–water partition coefficient (Wildman–Crippen LogP) is 1.95. The van der Waals surface area contributed by atoms with Crippen molar-refractivity contribution >= 4 is 19.7 Å². The molecule has 0 aliphatic rings. The maximum absolute atomic E-state index is 13.6. The summed E-state index contributed by atoms with van der Waals surface area (Å²) in [6, 6.07) is 4.06. The number of hydrogen-bond acceptors (Lipinski definition) is 4. The molecule has 2 rings (SSSR count). The van der Waals surface area contributed by atoms with Gasteiger partial charge in [-0.2, -0.15) is 10.4 Å². The Bertz CT molecular complexity index is 796. The molecule has 1 aromatic heterocycles. The first-order chi connectivity index (χ1) is 8.84. The van der Waals surface area contributed by atoms with Crippen LogP contribution in [0.4, 0.5) is 8.78 Å². The van der Waals surface area contributed by atoms with Crippen LogP contribution < -0.4 is 0 Å². The van der Waals surface area contributed by atoms with Crippen molar-refractivity contribution in [2.75, 3.05) is 0 Å². The number of benzene rings is 1. The van der Waals surface area contributed by atoms with Crippen molar-refractivity contribution in [2.45, 2.75) is 5.03 Å². The van der Waals surface area contributed by atoms with Gasteiger partial charge in [0.05, 0.1) is 6.20 Å². The Morgan fingerprint density at radius 2 is 2.05 bits per heavy atom. The Morgan fingerprint density at radius 1 is 1.37 bits per heavy atom. The standard InChI is InChI=1S/C10H4ClF2N3O2S/c11-19(17,18)10-6(4-14)5-15-16(10)9-2-1-7(12)3-8(9)13/h1-3,5H. The van der Waals surface area contributed by atoms with Gasteiger partial charge >= 0.3 is 0 Å². The largest absolute Gasteiger partial charge is 0.280 e. The molecule has 0 fully saturated rings. The van der Waals surface area contributed by atoms with Crippen LogP contribution in [0.3, 0.4) is 0 Å². The molecular formula is C10H4ClF2N3O2S. The lowest BCUT2D eigenvalue weighted by Gasteiger charge is -2.06. The molecule has 1 heterocycles. The summed E-state index contributed by atoms with van der Waals surface area (Å²) in [5.74, 6) is -1.86. The fourth-order valence-corrected chi connectivity index (χ4v) is 2.63. The van der Waals surface area contributed by atoms with Crippen LogP contribution >= 0.6 is 10.7 Å². The minimum absolute atomic E-state index is 0.331. The molecule has 0 N–H and O–H groups in total. The smallest absolute Gasteiger partial charge is 0.217 e. The highest BCUT2D eigenvalue weighted by atomic mass is 35.7. The molecule has 0 atom stereocenters. The molecule has 0 spiro atoms. The van der Waals surface area contributed by atoms with Crippen LogP contribution in [-0.2, 0) is 9.05 Å². The minimum Gasteiger partial charge on any atom is -0.217 e. The van der Waals surface area contributed by atoms with E-state index in [0.29, 0.717) is 10.7 Å². The first kappa shape index (κ1) is 13.5. The third kappa shape index (κ3) is 2.43. The molecular weight excluding hydrogens is 300 g/mol. The van der Waals surface area contributed by atoms with Gasteiger partial charge in [0.1, 0.15) is 23.1 Å². The van der Waals surface area contributed by atoms with Crippen LogP contribution in [-0.4, -0.2) is 18.2 Å². The third-order valence-corrected chi connectivity index (χ3v) is 3.51. The van der Waals surface area contributed by atoms with E-state index in [1.165, 1.54) is 0 Å². The number of halogens is 3. The summed E-state index contributed by atoms with van der Waals surface area (Å²) in [6.45, 7) is 0. The molecule has 19 heavy (non-hydrogen) atoms. The van der Waals surface area contributed by atoms with Crippen molar-refractivity contribution in [3.05, 3.63) is 41.6 Å². The summed E-state index contributed by atoms with van der Waals surface area (Å²) in [5, 5.41) is 11.7. The lowest BCUT2D eigenvalue weighted by molar-refractivity contribution is 0.565. The Morgan fingerprint density at radius 3 is 2.58 bits per heavy atom. The fraction of sp³-hybridized carbons (Fsp3) is 0. The highest BCUT2D eigenvalue weighted by Crippen LogP contribution is 2.24. The quantitative estimate of drug-likeness (QED) is 0.795. The molecule has 0 bridgehead atoms. The van der Waals surface area contributed by atoms with Crippen LogP contribution in [0.5, 0.6) is 0 Å². The van der Waals surface area contributed by atoms with Crippen molar-refractivity contribution in [1.29, 1.82) is 5.26 Å². The Hall–Kier alpha value is -1.98. The van der Waals surface area contributed by atoms with Gasteiger partial charge in [0, 0.05) is 16.7 Å². The topological polar surface area (TPSA) is 75.8 Å². The number of hydrogen-bond donors (Lipinski definition) is 0. The van der Waals surface area contributed by atoms with E-state index in [9.17, 15) is 17.2 Å². The summed E-state index contributed by atoms with van der Waals surface area (Å²) >= 11 is 0. The predicted molar refractivity (Wildman–Crippen MR) is 61.2 cm³/mol. The Kier molecular flexibility index (Phi) is 3.26. The summed E-state index contributed by atoms with van der Waals surface area (Å²) in [7, 11) is 0.868. The Labute approximate surface area is 111 Å². The molecule has 0 aliphatic heterocycles. The number of aromatic nitrogens is 2. The van der Waals surface area contributed by atoms with E-state index in [2.05, 4.69) is 5.10 Å². The maximum atomic E-state index is 13.6. The van der Waals surface area contributed by atoms with Gasteiger partial charge in [-0.15, -0.1) is 0 Å². The van der Waals surface area contributed by atoms with Crippen molar-refractivity contribution < 1.29 is 17.2 Å². The first-order valence-electron chi connectivity index (χ1n) is 4.73.